The van der Waals surface area contributed by atoms with E-state index in [-0.39, 0.29) is 17.7 Å². The number of piperidine rings is 1. The van der Waals surface area contributed by atoms with Crippen LogP contribution >= 0.6 is 0 Å². The van der Waals surface area contributed by atoms with Crippen LogP contribution in [0.3, 0.4) is 0 Å². The number of carbonyl (C=O) groups is 1. The Balaban J connectivity index is 1.99. The van der Waals surface area contributed by atoms with Crippen LogP contribution < -0.4 is 10.6 Å². The summed E-state index contributed by atoms with van der Waals surface area (Å²) in [5.41, 5.74) is 1.30. The number of amides is 1. The van der Waals surface area contributed by atoms with Gasteiger partial charge in [-0.1, -0.05) is 6.07 Å². The monoisotopic (exact) mass is 262 g/mol. The summed E-state index contributed by atoms with van der Waals surface area (Å²) in [4.78, 5) is 12.1. The molecule has 0 saturated carbocycles. The number of carbonyl (C=O) groups excluding carboxylic acids is 1. The third-order valence-corrected chi connectivity index (χ3v) is 3.85. The van der Waals surface area contributed by atoms with Crippen molar-refractivity contribution in [3.8, 4) is 5.75 Å². The van der Waals surface area contributed by atoms with Gasteiger partial charge in [-0.3, -0.25) is 4.79 Å². The fourth-order valence-electron chi connectivity index (χ4n) is 2.58. The Hall–Kier alpha value is -1.55. The van der Waals surface area contributed by atoms with Crippen LogP contribution in [0.15, 0.2) is 18.2 Å². The Kier molecular flexibility index (Phi) is 4.43. The fraction of sp³-hybridized carbons (Fsp3) is 0.533. The Morgan fingerprint density at radius 3 is 2.74 bits per heavy atom. The molecule has 1 amide bonds. The van der Waals surface area contributed by atoms with Crippen molar-refractivity contribution in [1.82, 2.24) is 10.6 Å². The van der Waals surface area contributed by atoms with Gasteiger partial charge in [-0.25, -0.2) is 0 Å². The van der Waals surface area contributed by atoms with E-state index in [9.17, 15) is 9.90 Å². The largest absolute Gasteiger partial charge is 0.507 e. The van der Waals surface area contributed by atoms with Gasteiger partial charge in [0.25, 0.3) is 5.91 Å². The van der Waals surface area contributed by atoms with Crippen LogP contribution in [0.5, 0.6) is 5.75 Å². The third-order valence-electron chi connectivity index (χ3n) is 3.85. The van der Waals surface area contributed by atoms with Gasteiger partial charge in [0.2, 0.25) is 0 Å². The number of aryl methyl sites for hydroxylation is 1. The molecule has 1 fully saturated rings. The van der Waals surface area contributed by atoms with Gasteiger partial charge in [0.05, 0.1) is 5.56 Å². The molecule has 1 aromatic rings. The molecule has 0 aliphatic carbocycles. The van der Waals surface area contributed by atoms with Crippen molar-refractivity contribution in [2.24, 2.45) is 5.92 Å². The second kappa shape index (κ2) is 6.06. The highest BCUT2D eigenvalue weighted by Crippen LogP contribution is 2.20. The molecule has 2 rings (SSSR count). The minimum absolute atomic E-state index is 0.0509. The standard InChI is InChI=1S/C15H22N2O2/c1-10-3-4-13(14(18)9-10)15(19)17-11(2)12-5-7-16-8-6-12/h3-4,9,11-12,16,18H,5-8H2,1-2H3,(H,17,19). The van der Waals surface area contributed by atoms with Crippen molar-refractivity contribution in [3.63, 3.8) is 0 Å². The van der Waals surface area contributed by atoms with Gasteiger partial charge in [-0.15, -0.1) is 0 Å². The van der Waals surface area contributed by atoms with E-state index in [1.807, 2.05) is 19.9 Å². The molecule has 0 aromatic heterocycles. The fourth-order valence-corrected chi connectivity index (χ4v) is 2.58. The molecule has 1 atom stereocenters. The van der Waals surface area contributed by atoms with Crippen molar-refractivity contribution in [1.29, 1.82) is 0 Å². The summed E-state index contributed by atoms with van der Waals surface area (Å²) in [6, 6.07) is 5.26. The normalized spacial score (nSPS) is 18.0. The van der Waals surface area contributed by atoms with E-state index in [4.69, 9.17) is 0 Å². The first-order valence-electron chi connectivity index (χ1n) is 6.89. The van der Waals surface area contributed by atoms with Crippen LogP contribution in [0.1, 0.15) is 35.7 Å². The van der Waals surface area contributed by atoms with E-state index in [1.165, 1.54) is 0 Å². The summed E-state index contributed by atoms with van der Waals surface area (Å²) in [7, 11) is 0. The minimum atomic E-state index is -0.191. The Morgan fingerprint density at radius 1 is 1.42 bits per heavy atom. The molecule has 19 heavy (non-hydrogen) atoms. The van der Waals surface area contributed by atoms with E-state index in [2.05, 4.69) is 10.6 Å². The maximum atomic E-state index is 12.1. The first-order valence-corrected chi connectivity index (χ1v) is 6.89. The molecule has 1 aliphatic rings. The number of hydrogen-bond acceptors (Lipinski definition) is 3. The maximum Gasteiger partial charge on any atom is 0.255 e. The Labute approximate surface area is 114 Å². The highest BCUT2D eigenvalue weighted by atomic mass is 16.3. The number of benzene rings is 1. The first kappa shape index (κ1) is 13.9. The summed E-state index contributed by atoms with van der Waals surface area (Å²) in [6.07, 6.45) is 2.17. The molecule has 3 N–H and O–H groups in total. The molecule has 0 radical (unpaired) electrons. The highest BCUT2D eigenvalue weighted by Gasteiger charge is 2.22. The topological polar surface area (TPSA) is 61.4 Å². The molecule has 1 saturated heterocycles. The predicted molar refractivity (Wildman–Crippen MR) is 75.4 cm³/mol. The van der Waals surface area contributed by atoms with Gasteiger partial charge < -0.3 is 15.7 Å². The van der Waals surface area contributed by atoms with Crippen molar-refractivity contribution < 1.29 is 9.90 Å². The second-order valence-corrected chi connectivity index (χ2v) is 5.37. The summed E-state index contributed by atoms with van der Waals surface area (Å²) in [5, 5.41) is 16.1. The Morgan fingerprint density at radius 2 is 2.11 bits per heavy atom. The molecule has 104 valence electrons. The van der Waals surface area contributed by atoms with Crippen molar-refractivity contribution in [2.45, 2.75) is 32.7 Å². The number of aromatic hydroxyl groups is 1. The molecule has 1 aliphatic heterocycles. The van der Waals surface area contributed by atoms with Crippen LogP contribution in [0, 0.1) is 12.8 Å². The molecule has 0 spiro atoms. The molecule has 0 bridgehead atoms. The van der Waals surface area contributed by atoms with E-state index in [0.717, 1.165) is 31.5 Å². The molecular weight excluding hydrogens is 240 g/mol. The molecule has 4 nitrogen and oxygen atoms in total. The third kappa shape index (κ3) is 3.47. The van der Waals surface area contributed by atoms with Gasteiger partial charge in [-0.2, -0.15) is 0 Å². The van der Waals surface area contributed by atoms with Crippen molar-refractivity contribution >= 4 is 5.91 Å². The SMILES string of the molecule is Cc1ccc(C(=O)NC(C)C2CCNCC2)c(O)c1. The maximum absolute atomic E-state index is 12.1. The van der Waals surface area contributed by atoms with Crippen LogP contribution in [0.2, 0.25) is 0 Å². The first-order chi connectivity index (χ1) is 9.08. The van der Waals surface area contributed by atoms with Crippen LogP contribution in [0.25, 0.3) is 0 Å². The van der Waals surface area contributed by atoms with E-state index < -0.39 is 0 Å². The lowest BCUT2D eigenvalue weighted by atomic mass is 9.91. The van der Waals surface area contributed by atoms with Crippen molar-refractivity contribution in [2.75, 3.05) is 13.1 Å². The summed E-state index contributed by atoms with van der Waals surface area (Å²) in [5.74, 6) is 0.372. The average molecular weight is 262 g/mol. The summed E-state index contributed by atoms with van der Waals surface area (Å²) >= 11 is 0. The smallest absolute Gasteiger partial charge is 0.255 e. The van der Waals surface area contributed by atoms with E-state index in [1.54, 1.807) is 12.1 Å². The van der Waals surface area contributed by atoms with Crippen LogP contribution in [-0.2, 0) is 0 Å². The predicted octanol–water partition coefficient (Wildman–Crippen LogP) is 1.82. The highest BCUT2D eigenvalue weighted by molar-refractivity contribution is 5.97. The summed E-state index contributed by atoms with van der Waals surface area (Å²) < 4.78 is 0. The zero-order valence-corrected chi connectivity index (χ0v) is 11.6. The van der Waals surface area contributed by atoms with E-state index in [0.29, 0.717) is 11.5 Å². The lowest BCUT2D eigenvalue weighted by Crippen LogP contribution is -2.42. The summed E-state index contributed by atoms with van der Waals surface area (Å²) in [6.45, 7) is 5.96. The molecule has 4 heteroatoms. The lowest BCUT2D eigenvalue weighted by molar-refractivity contribution is 0.0918. The zero-order chi connectivity index (χ0) is 13.8. The van der Waals surface area contributed by atoms with Gasteiger partial charge in [-0.05, 0) is 63.4 Å². The van der Waals surface area contributed by atoms with Gasteiger partial charge in [0.15, 0.2) is 0 Å². The van der Waals surface area contributed by atoms with Crippen LogP contribution in [-0.4, -0.2) is 30.1 Å². The quantitative estimate of drug-likeness (QED) is 0.778. The number of rotatable bonds is 3. The Bertz CT molecular complexity index is 453. The zero-order valence-electron chi connectivity index (χ0n) is 11.6. The van der Waals surface area contributed by atoms with Crippen LogP contribution in [0.4, 0.5) is 0 Å². The van der Waals surface area contributed by atoms with Gasteiger partial charge >= 0.3 is 0 Å². The molecule has 1 aromatic carbocycles. The number of phenols is 1. The second-order valence-electron chi connectivity index (χ2n) is 5.37. The molecular formula is C15H22N2O2. The lowest BCUT2D eigenvalue weighted by Gasteiger charge is -2.28. The van der Waals surface area contributed by atoms with Gasteiger partial charge in [0.1, 0.15) is 5.75 Å². The van der Waals surface area contributed by atoms with E-state index >= 15 is 0 Å². The van der Waals surface area contributed by atoms with Gasteiger partial charge in [0, 0.05) is 6.04 Å². The minimum Gasteiger partial charge on any atom is -0.507 e. The molecule has 1 unspecified atom stereocenters. The van der Waals surface area contributed by atoms with Crippen molar-refractivity contribution in [3.05, 3.63) is 29.3 Å². The molecule has 1 heterocycles. The number of phenolic OH excluding ortho intramolecular Hbond substituents is 1. The number of nitrogens with one attached hydrogen (secondary N) is 2. The average Bonchev–Trinajstić information content (AvgIpc) is 2.39. The number of hydrogen-bond donors (Lipinski definition) is 3.